The van der Waals surface area contributed by atoms with Crippen LogP contribution in [0.5, 0.6) is 0 Å². The molecule has 1 unspecified atom stereocenters. The molecule has 1 atom stereocenters. The minimum absolute atomic E-state index is 0.0706. The monoisotopic (exact) mass is 289 g/mol. The first-order valence-corrected chi connectivity index (χ1v) is 6.40. The largest absolute Gasteiger partial charge is 0.378 e. The number of halogens is 2. The molecule has 0 bridgehead atoms. The van der Waals surface area contributed by atoms with Gasteiger partial charge in [0.25, 0.3) is 0 Å². The number of Topliss-reactive ketones (excluding diaryl/α,β-unsaturated/α-hetero) is 2. The number of hydrogen-bond donors (Lipinski definition) is 0. The summed E-state index contributed by atoms with van der Waals surface area (Å²) in [4.78, 5) is 24.5. The Labute approximate surface area is 115 Å². The Morgan fingerprint density at radius 3 is 2.50 bits per heavy atom. The lowest BCUT2D eigenvalue weighted by atomic mass is 9.99. The van der Waals surface area contributed by atoms with Crippen molar-refractivity contribution in [2.45, 2.75) is 11.3 Å². The fourth-order valence-corrected chi connectivity index (χ4v) is 2.83. The van der Waals surface area contributed by atoms with E-state index >= 15 is 0 Å². The van der Waals surface area contributed by atoms with Crippen LogP contribution < -0.4 is 0 Å². The van der Waals surface area contributed by atoms with Gasteiger partial charge in [0, 0.05) is 13.1 Å². The Morgan fingerprint density at radius 2 is 1.94 bits per heavy atom. The van der Waals surface area contributed by atoms with Gasteiger partial charge in [-0.05, 0) is 6.42 Å². The minimum atomic E-state index is -1.60. The zero-order valence-corrected chi connectivity index (χ0v) is 11.3. The van der Waals surface area contributed by atoms with E-state index in [0.29, 0.717) is 26.3 Å². The highest BCUT2D eigenvalue weighted by Crippen LogP contribution is 2.39. The number of allylic oxidation sites excluding steroid dienone is 3. The van der Waals surface area contributed by atoms with Crippen LogP contribution in [-0.4, -0.2) is 47.6 Å². The van der Waals surface area contributed by atoms with Crippen molar-refractivity contribution < 1.29 is 14.3 Å². The standard InChI is InChI=1S/C12H13Cl2NO3/c1-2-3-12(14)10(16)8(13)9(11(12)17)15-4-6-18-7-5-15/h2H,1,3-7H2. The second-order valence-corrected chi connectivity index (χ2v) is 5.24. The average molecular weight is 290 g/mol. The van der Waals surface area contributed by atoms with Gasteiger partial charge >= 0.3 is 0 Å². The molecule has 0 aromatic carbocycles. The molecule has 18 heavy (non-hydrogen) atoms. The van der Waals surface area contributed by atoms with Crippen molar-refractivity contribution in [1.82, 2.24) is 4.90 Å². The topological polar surface area (TPSA) is 46.6 Å². The van der Waals surface area contributed by atoms with Crippen LogP contribution in [0.4, 0.5) is 0 Å². The molecule has 0 saturated carbocycles. The molecule has 1 saturated heterocycles. The number of rotatable bonds is 3. The third-order valence-electron chi connectivity index (χ3n) is 3.10. The Kier molecular flexibility index (Phi) is 3.80. The molecule has 0 amide bonds. The van der Waals surface area contributed by atoms with Gasteiger partial charge in [-0.1, -0.05) is 17.7 Å². The van der Waals surface area contributed by atoms with Crippen molar-refractivity contribution in [3.05, 3.63) is 23.4 Å². The summed E-state index contributed by atoms with van der Waals surface area (Å²) in [5, 5.41) is -0.0706. The summed E-state index contributed by atoms with van der Waals surface area (Å²) >= 11 is 12.1. The molecular formula is C12H13Cl2NO3. The third kappa shape index (κ3) is 1.98. The highest BCUT2D eigenvalue weighted by Gasteiger charge is 2.53. The number of hydrogen-bond acceptors (Lipinski definition) is 4. The Morgan fingerprint density at radius 1 is 1.33 bits per heavy atom. The van der Waals surface area contributed by atoms with Crippen LogP contribution in [-0.2, 0) is 14.3 Å². The SMILES string of the molecule is C=CCC1(Cl)C(=O)C(Cl)=C(N2CCOCC2)C1=O. The molecule has 98 valence electrons. The maximum absolute atomic E-state index is 12.3. The molecular weight excluding hydrogens is 277 g/mol. The molecule has 0 radical (unpaired) electrons. The van der Waals surface area contributed by atoms with Crippen LogP contribution in [0, 0.1) is 0 Å². The van der Waals surface area contributed by atoms with Gasteiger partial charge in [-0.15, -0.1) is 18.2 Å². The number of ether oxygens (including phenoxy) is 1. The van der Waals surface area contributed by atoms with Gasteiger partial charge in [0.2, 0.25) is 11.6 Å². The molecule has 2 aliphatic rings. The molecule has 4 nitrogen and oxygen atoms in total. The summed E-state index contributed by atoms with van der Waals surface area (Å²) in [6, 6.07) is 0. The number of ketones is 2. The number of carbonyl (C=O) groups excluding carboxylic acids is 2. The molecule has 1 fully saturated rings. The van der Waals surface area contributed by atoms with Crippen molar-refractivity contribution >= 4 is 34.8 Å². The molecule has 1 heterocycles. The summed E-state index contributed by atoms with van der Waals surface area (Å²) in [6.07, 6.45) is 1.53. The average Bonchev–Trinajstić information content (AvgIpc) is 2.53. The Bertz CT molecular complexity index is 441. The van der Waals surface area contributed by atoms with E-state index in [-0.39, 0.29) is 17.2 Å². The van der Waals surface area contributed by atoms with Gasteiger partial charge < -0.3 is 9.64 Å². The van der Waals surface area contributed by atoms with Crippen LogP contribution >= 0.6 is 23.2 Å². The molecule has 0 spiro atoms. The highest BCUT2D eigenvalue weighted by molar-refractivity contribution is 6.62. The van der Waals surface area contributed by atoms with Crippen molar-refractivity contribution in [3.8, 4) is 0 Å². The quantitative estimate of drug-likeness (QED) is 0.449. The Balaban J connectivity index is 2.33. The third-order valence-corrected chi connectivity index (χ3v) is 3.94. The van der Waals surface area contributed by atoms with E-state index in [0.717, 1.165) is 0 Å². The zero-order valence-electron chi connectivity index (χ0n) is 9.75. The first-order chi connectivity index (χ1) is 8.52. The first-order valence-electron chi connectivity index (χ1n) is 5.64. The van der Waals surface area contributed by atoms with E-state index < -0.39 is 16.4 Å². The Hall–Kier alpha value is -0.840. The van der Waals surface area contributed by atoms with Gasteiger partial charge in [0.1, 0.15) is 10.7 Å². The van der Waals surface area contributed by atoms with Gasteiger partial charge in [-0.3, -0.25) is 9.59 Å². The second kappa shape index (κ2) is 5.03. The van der Waals surface area contributed by atoms with E-state index in [1.54, 1.807) is 4.90 Å². The van der Waals surface area contributed by atoms with E-state index in [1.807, 2.05) is 0 Å². The number of nitrogens with zero attached hydrogens (tertiary/aromatic N) is 1. The molecule has 1 aliphatic heterocycles. The smallest absolute Gasteiger partial charge is 0.209 e. The molecule has 2 rings (SSSR count). The fourth-order valence-electron chi connectivity index (χ4n) is 2.13. The van der Waals surface area contributed by atoms with Crippen molar-refractivity contribution in [1.29, 1.82) is 0 Å². The highest BCUT2D eigenvalue weighted by atomic mass is 35.5. The zero-order chi connectivity index (χ0) is 13.3. The van der Waals surface area contributed by atoms with Gasteiger partial charge in [0.15, 0.2) is 4.87 Å². The lowest BCUT2D eigenvalue weighted by Gasteiger charge is -2.29. The van der Waals surface area contributed by atoms with Crippen molar-refractivity contribution in [2.24, 2.45) is 0 Å². The molecule has 0 aromatic rings. The normalized spacial score (nSPS) is 29.1. The van der Waals surface area contributed by atoms with Crippen LogP contribution in [0.15, 0.2) is 23.4 Å². The summed E-state index contributed by atoms with van der Waals surface area (Å²) in [7, 11) is 0. The predicted molar refractivity (Wildman–Crippen MR) is 68.7 cm³/mol. The second-order valence-electron chi connectivity index (χ2n) is 4.21. The minimum Gasteiger partial charge on any atom is -0.378 e. The van der Waals surface area contributed by atoms with E-state index in [4.69, 9.17) is 27.9 Å². The van der Waals surface area contributed by atoms with Crippen LogP contribution in [0.25, 0.3) is 0 Å². The van der Waals surface area contributed by atoms with Gasteiger partial charge in [-0.2, -0.15) is 0 Å². The summed E-state index contributed by atoms with van der Waals surface area (Å²) in [5.74, 6) is -0.960. The number of alkyl halides is 1. The lowest BCUT2D eigenvalue weighted by molar-refractivity contribution is -0.125. The summed E-state index contributed by atoms with van der Waals surface area (Å²) in [5.41, 5.74) is 0.224. The van der Waals surface area contributed by atoms with Crippen molar-refractivity contribution in [2.75, 3.05) is 26.3 Å². The molecule has 0 N–H and O–H groups in total. The maximum atomic E-state index is 12.3. The number of carbonyl (C=O) groups is 2. The summed E-state index contributed by atoms with van der Waals surface area (Å²) in [6.45, 7) is 5.60. The molecule has 1 aliphatic carbocycles. The van der Waals surface area contributed by atoms with E-state index in [1.165, 1.54) is 6.08 Å². The predicted octanol–water partition coefficient (Wildman–Crippen LogP) is 1.47. The molecule has 0 aromatic heterocycles. The van der Waals surface area contributed by atoms with Gasteiger partial charge in [-0.25, -0.2) is 0 Å². The van der Waals surface area contributed by atoms with E-state index in [2.05, 4.69) is 6.58 Å². The van der Waals surface area contributed by atoms with E-state index in [9.17, 15) is 9.59 Å². The fraction of sp³-hybridized carbons (Fsp3) is 0.500. The maximum Gasteiger partial charge on any atom is 0.209 e. The van der Waals surface area contributed by atoms with Gasteiger partial charge in [0.05, 0.1) is 13.2 Å². The van der Waals surface area contributed by atoms with Crippen LogP contribution in [0.3, 0.4) is 0 Å². The van der Waals surface area contributed by atoms with Crippen LogP contribution in [0.1, 0.15) is 6.42 Å². The molecule has 6 heteroatoms. The number of morpholine rings is 1. The summed E-state index contributed by atoms with van der Waals surface area (Å²) < 4.78 is 5.20. The first kappa shape index (κ1) is 13.6. The lowest BCUT2D eigenvalue weighted by Crippen LogP contribution is -2.42. The van der Waals surface area contributed by atoms with Crippen molar-refractivity contribution in [3.63, 3.8) is 0 Å². The van der Waals surface area contributed by atoms with Crippen LogP contribution in [0.2, 0.25) is 0 Å².